The zero-order valence-electron chi connectivity index (χ0n) is 9.03. The minimum atomic E-state index is 0.126. The van der Waals surface area contributed by atoms with E-state index in [-0.39, 0.29) is 6.61 Å². The van der Waals surface area contributed by atoms with Crippen molar-refractivity contribution in [1.82, 2.24) is 4.98 Å². The van der Waals surface area contributed by atoms with E-state index in [0.29, 0.717) is 12.3 Å². The van der Waals surface area contributed by atoms with Crippen LogP contribution in [-0.4, -0.2) is 29.9 Å². The topological polar surface area (TPSA) is 55.5 Å². The molecule has 0 spiro atoms. The van der Waals surface area contributed by atoms with Crippen molar-refractivity contribution < 1.29 is 14.3 Å². The van der Waals surface area contributed by atoms with E-state index in [0.717, 1.165) is 43.4 Å². The van der Waals surface area contributed by atoms with E-state index < -0.39 is 0 Å². The minimum absolute atomic E-state index is 0.126. The largest absolute Gasteiger partial charge is 0.445 e. The molecule has 84 valence electrons. The lowest BCUT2D eigenvalue weighted by Gasteiger charge is -2.18. The van der Waals surface area contributed by atoms with Gasteiger partial charge in [0.25, 0.3) is 0 Å². The molecule has 1 aliphatic heterocycles. The molecule has 1 aliphatic rings. The smallest absolute Gasteiger partial charge is 0.197 e. The lowest BCUT2D eigenvalue weighted by molar-refractivity contribution is 0.0792. The fraction of sp³-hybridized carbons (Fsp3) is 0.727. The number of ether oxygens (including phenoxy) is 1. The summed E-state index contributed by atoms with van der Waals surface area (Å²) >= 11 is 0. The Labute approximate surface area is 89.3 Å². The molecule has 0 atom stereocenters. The van der Waals surface area contributed by atoms with E-state index in [4.69, 9.17) is 14.3 Å². The Morgan fingerprint density at radius 3 is 2.80 bits per heavy atom. The van der Waals surface area contributed by atoms with Crippen LogP contribution < -0.4 is 0 Å². The summed E-state index contributed by atoms with van der Waals surface area (Å²) in [5.74, 6) is 2.05. The molecule has 0 aromatic carbocycles. The summed E-state index contributed by atoms with van der Waals surface area (Å²) in [5.41, 5.74) is 0.888. The highest BCUT2D eigenvalue weighted by Crippen LogP contribution is 2.27. The second-order valence-corrected chi connectivity index (χ2v) is 3.92. The molecule has 1 aromatic rings. The Hall–Kier alpha value is -0.870. The highest BCUT2D eigenvalue weighted by molar-refractivity contribution is 5.10. The molecule has 0 radical (unpaired) electrons. The average Bonchev–Trinajstić information content (AvgIpc) is 2.63. The molecule has 0 bridgehead atoms. The maximum absolute atomic E-state index is 8.86. The molecule has 1 saturated heterocycles. The van der Waals surface area contributed by atoms with Crippen LogP contribution in [0, 0.1) is 6.92 Å². The number of rotatable bonds is 3. The van der Waals surface area contributed by atoms with Gasteiger partial charge in [0.15, 0.2) is 5.89 Å². The van der Waals surface area contributed by atoms with Crippen LogP contribution in [0.3, 0.4) is 0 Å². The molecule has 2 rings (SSSR count). The number of aliphatic hydroxyl groups excluding tert-OH is 1. The summed E-state index contributed by atoms with van der Waals surface area (Å²) in [6.45, 7) is 3.62. The number of aryl methyl sites for hydroxylation is 1. The van der Waals surface area contributed by atoms with Crippen LogP contribution in [0.2, 0.25) is 0 Å². The summed E-state index contributed by atoms with van der Waals surface area (Å²) in [5, 5.41) is 8.86. The maximum atomic E-state index is 8.86. The second-order valence-electron chi connectivity index (χ2n) is 3.92. The van der Waals surface area contributed by atoms with Gasteiger partial charge in [0.1, 0.15) is 5.76 Å². The Bertz CT molecular complexity index is 316. The zero-order valence-corrected chi connectivity index (χ0v) is 9.03. The lowest BCUT2D eigenvalue weighted by atomic mass is 10.0. The normalized spacial score (nSPS) is 18.3. The van der Waals surface area contributed by atoms with Gasteiger partial charge in [0.2, 0.25) is 0 Å². The predicted octanol–water partition coefficient (Wildman–Crippen LogP) is 1.41. The summed E-state index contributed by atoms with van der Waals surface area (Å²) in [6, 6.07) is 0. The van der Waals surface area contributed by atoms with E-state index in [1.165, 1.54) is 0 Å². The summed E-state index contributed by atoms with van der Waals surface area (Å²) in [6.07, 6.45) is 2.55. The highest BCUT2D eigenvalue weighted by atomic mass is 16.5. The predicted molar refractivity (Wildman–Crippen MR) is 54.8 cm³/mol. The summed E-state index contributed by atoms with van der Waals surface area (Å²) in [4.78, 5) is 4.44. The third-order valence-corrected chi connectivity index (χ3v) is 2.83. The van der Waals surface area contributed by atoms with E-state index in [9.17, 15) is 0 Å². The first-order chi connectivity index (χ1) is 7.31. The van der Waals surface area contributed by atoms with Crippen LogP contribution in [0.1, 0.15) is 36.1 Å². The first-order valence-electron chi connectivity index (χ1n) is 5.46. The van der Waals surface area contributed by atoms with Crippen molar-refractivity contribution in [3.8, 4) is 0 Å². The zero-order chi connectivity index (χ0) is 10.7. The molecule has 0 aliphatic carbocycles. The van der Waals surface area contributed by atoms with Crippen LogP contribution >= 0.6 is 0 Å². The summed E-state index contributed by atoms with van der Waals surface area (Å²) in [7, 11) is 0. The number of oxazole rings is 1. The average molecular weight is 211 g/mol. The molecule has 2 heterocycles. The second kappa shape index (κ2) is 4.77. The number of aromatic nitrogens is 1. The van der Waals surface area contributed by atoms with Crippen LogP contribution in [0.25, 0.3) is 0 Å². The molecule has 1 fully saturated rings. The molecule has 4 heteroatoms. The lowest BCUT2D eigenvalue weighted by Crippen LogP contribution is -2.14. The molecule has 1 aromatic heterocycles. The van der Waals surface area contributed by atoms with E-state index >= 15 is 0 Å². The van der Waals surface area contributed by atoms with Crippen molar-refractivity contribution in [1.29, 1.82) is 0 Å². The number of hydrogen-bond acceptors (Lipinski definition) is 4. The highest BCUT2D eigenvalue weighted by Gasteiger charge is 2.21. The first-order valence-corrected chi connectivity index (χ1v) is 5.46. The van der Waals surface area contributed by atoms with E-state index in [1.54, 1.807) is 0 Å². The molecule has 15 heavy (non-hydrogen) atoms. The molecule has 0 amide bonds. The molecule has 0 saturated carbocycles. The van der Waals surface area contributed by atoms with Gasteiger partial charge in [-0.3, -0.25) is 0 Å². The van der Waals surface area contributed by atoms with Crippen molar-refractivity contribution in [3.05, 3.63) is 17.3 Å². The number of hydrogen-bond donors (Lipinski definition) is 1. The Balaban J connectivity index is 2.10. The van der Waals surface area contributed by atoms with E-state index in [2.05, 4.69) is 4.98 Å². The fourth-order valence-corrected chi connectivity index (χ4v) is 1.91. The van der Waals surface area contributed by atoms with Gasteiger partial charge < -0.3 is 14.3 Å². The Kier molecular flexibility index (Phi) is 3.38. The van der Waals surface area contributed by atoms with Crippen LogP contribution in [-0.2, 0) is 11.2 Å². The Morgan fingerprint density at radius 2 is 2.13 bits per heavy atom. The molecular weight excluding hydrogens is 194 g/mol. The SMILES string of the molecule is Cc1oc(C2CCOCC2)nc1CCO. The quantitative estimate of drug-likeness (QED) is 0.821. The van der Waals surface area contributed by atoms with Gasteiger partial charge in [-0.2, -0.15) is 0 Å². The standard InChI is InChI=1S/C11H17NO3/c1-8-10(2-5-13)12-11(15-8)9-3-6-14-7-4-9/h9,13H,2-7H2,1H3. The molecule has 1 N–H and O–H groups in total. The van der Waals surface area contributed by atoms with Crippen molar-refractivity contribution in [2.24, 2.45) is 0 Å². The minimum Gasteiger partial charge on any atom is -0.445 e. The summed E-state index contributed by atoms with van der Waals surface area (Å²) < 4.78 is 10.9. The van der Waals surface area contributed by atoms with Crippen molar-refractivity contribution in [3.63, 3.8) is 0 Å². The third-order valence-electron chi connectivity index (χ3n) is 2.83. The van der Waals surface area contributed by atoms with Crippen LogP contribution in [0.15, 0.2) is 4.42 Å². The first kappa shape index (κ1) is 10.6. The van der Waals surface area contributed by atoms with Gasteiger partial charge in [0.05, 0.1) is 5.69 Å². The van der Waals surface area contributed by atoms with Crippen molar-refractivity contribution in [2.75, 3.05) is 19.8 Å². The number of nitrogens with zero attached hydrogens (tertiary/aromatic N) is 1. The van der Waals surface area contributed by atoms with Crippen molar-refractivity contribution >= 4 is 0 Å². The molecule has 0 unspecified atom stereocenters. The van der Waals surface area contributed by atoms with E-state index in [1.807, 2.05) is 6.92 Å². The van der Waals surface area contributed by atoms with Gasteiger partial charge in [-0.15, -0.1) is 0 Å². The van der Waals surface area contributed by atoms with Crippen LogP contribution in [0.5, 0.6) is 0 Å². The third kappa shape index (κ3) is 2.38. The Morgan fingerprint density at radius 1 is 1.40 bits per heavy atom. The molecule has 4 nitrogen and oxygen atoms in total. The number of aliphatic hydroxyl groups is 1. The van der Waals surface area contributed by atoms with Gasteiger partial charge in [-0.1, -0.05) is 0 Å². The van der Waals surface area contributed by atoms with Gasteiger partial charge in [-0.05, 0) is 19.8 Å². The van der Waals surface area contributed by atoms with Gasteiger partial charge >= 0.3 is 0 Å². The van der Waals surface area contributed by atoms with Gasteiger partial charge in [0, 0.05) is 32.2 Å². The van der Waals surface area contributed by atoms with Gasteiger partial charge in [-0.25, -0.2) is 4.98 Å². The monoisotopic (exact) mass is 211 g/mol. The van der Waals surface area contributed by atoms with Crippen molar-refractivity contribution in [2.45, 2.75) is 32.1 Å². The fourth-order valence-electron chi connectivity index (χ4n) is 1.91. The van der Waals surface area contributed by atoms with Crippen LogP contribution in [0.4, 0.5) is 0 Å². The molecular formula is C11H17NO3. The maximum Gasteiger partial charge on any atom is 0.197 e.